The zero-order valence-corrected chi connectivity index (χ0v) is 14.4. The van der Waals surface area contributed by atoms with E-state index in [0.717, 1.165) is 42.8 Å². The van der Waals surface area contributed by atoms with E-state index in [1.54, 1.807) is 30.3 Å². The molecule has 25 heavy (non-hydrogen) atoms. The average molecular weight is 339 g/mol. The van der Waals surface area contributed by atoms with E-state index < -0.39 is 0 Å². The van der Waals surface area contributed by atoms with Gasteiger partial charge in [-0.15, -0.1) is 0 Å². The number of carbonyl (C=O) groups excluding carboxylic acids is 1. The normalized spacial score (nSPS) is 17.8. The molecule has 0 spiro atoms. The quantitative estimate of drug-likeness (QED) is 0.773. The molecule has 1 amide bonds. The molecule has 1 aliphatic rings. The first kappa shape index (κ1) is 15.6. The smallest absolute Gasteiger partial charge is 0.269 e. The molecule has 8 heteroatoms. The Labute approximate surface area is 145 Å². The summed E-state index contributed by atoms with van der Waals surface area (Å²) in [7, 11) is 3.75. The molecule has 0 saturated carbocycles. The summed E-state index contributed by atoms with van der Waals surface area (Å²) >= 11 is 0. The SMILES string of the molecule is Cn1nccc1C(=O)NC1CCCN(c2ncnc3c2ccn3C)C1. The van der Waals surface area contributed by atoms with Gasteiger partial charge < -0.3 is 14.8 Å². The van der Waals surface area contributed by atoms with Gasteiger partial charge in [-0.3, -0.25) is 9.48 Å². The molecular formula is C17H21N7O. The maximum atomic E-state index is 12.4. The van der Waals surface area contributed by atoms with E-state index in [0.29, 0.717) is 5.69 Å². The van der Waals surface area contributed by atoms with Gasteiger partial charge in [-0.05, 0) is 25.0 Å². The second kappa shape index (κ2) is 6.19. The fourth-order valence-electron chi connectivity index (χ4n) is 3.46. The van der Waals surface area contributed by atoms with Crippen LogP contribution in [0, 0.1) is 0 Å². The highest BCUT2D eigenvalue weighted by molar-refractivity contribution is 5.92. The second-order valence-corrected chi connectivity index (χ2v) is 6.46. The Morgan fingerprint density at radius 2 is 2.16 bits per heavy atom. The van der Waals surface area contributed by atoms with Crippen LogP contribution >= 0.6 is 0 Å². The lowest BCUT2D eigenvalue weighted by atomic mass is 10.1. The van der Waals surface area contributed by atoms with Crippen molar-refractivity contribution in [2.75, 3.05) is 18.0 Å². The molecule has 1 saturated heterocycles. The van der Waals surface area contributed by atoms with Gasteiger partial charge in [-0.1, -0.05) is 0 Å². The first-order valence-electron chi connectivity index (χ1n) is 8.43. The molecule has 4 rings (SSSR count). The van der Waals surface area contributed by atoms with Gasteiger partial charge in [0.25, 0.3) is 5.91 Å². The van der Waals surface area contributed by atoms with Crippen LogP contribution in [-0.2, 0) is 14.1 Å². The van der Waals surface area contributed by atoms with Crippen molar-refractivity contribution in [2.45, 2.75) is 18.9 Å². The van der Waals surface area contributed by atoms with E-state index in [2.05, 4.69) is 25.3 Å². The maximum Gasteiger partial charge on any atom is 0.269 e. The number of piperidine rings is 1. The molecule has 1 fully saturated rings. The predicted octanol–water partition coefficient (Wildman–Crippen LogP) is 1.10. The molecule has 0 aliphatic carbocycles. The van der Waals surface area contributed by atoms with Crippen LogP contribution in [0.2, 0.25) is 0 Å². The van der Waals surface area contributed by atoms with Crippen molar-refractivity contribution in [1.29, 1.82) is 0 Å². The number of fused-ring (bicyclic) bond motifs is 1. The van der Waals surface area contributed by atoms with Gasteiger partial charge in [-0.25, -0.2) is 9.97 Å². The van der Waals surface area contributed by atoms with Crippen molar-refractivity contribution in [2.24, 2.45) is 14.1 Å². The van der Waals surface area contributed by atoms with Gasteiger partial charge in [0.05, 0.1) is 5.39 Å². The van der Waals surface area contributed by atoms with Crippen LogP contribution < -0.4 is 10.2 Å². The molecule has 0 bridgehead atoms. The third-order valence-electron chi connectivity index (χ3n) is 4.75. The molecule has 8 nitrogen and oxygen atoms in total. The Morgan fingerprint density at radius 3 is 2.96 bits per heavy atom. The van der Waals surface area contributed by atoms with Crippen molar-refractivity contribution in [1.82, 2.24) is 29.6 Å². The van der Waals surface area contributed by atoms with Crippen LogP contribution in [0.25, 0.3) is 11.0 Å². The highest BCUT2D eigenvalue weighted by Gasteiger charge is 2.25. The van der Waals surface area contributed by atoms with E-state index in [-0.39, 0.29) is 11.9 Å². The fraction of sp³-hybridized carbons (Fsp3) is 0.412. The maximum absolute atomic E-state index is 12.4. The number of carbonyl (C=O) groups is 1. The number of amides is 1. The largest absolute Gasteiger partial charge is 0.354 e. The highest BCUT2D eigenvalue weighted by atomic mass is 16.2. The summed E-state index contributed by atoms with van der Waals surface area (Å²) in [5, 5.41) is 8.23. The van der Waals surface area contributed by atoms with Gasteiger partial charge in [0.1, 0.15) is 23.5 Å². The van der Waals surface area contributed by atoms with Gasteiger partial charge in [0.2, 0.25) is 0 Å². The number of hydrogen-bond acceptors (Lipinski definition) is 5. The summed E-state index contributed by atoms with van der Waals surface area (Å²) in [6, 6.07) is 3.86. The van der Waals surface area contributed by atoms with Crippen LogP contribution in [0.15, 0.2) is 30.9 Å². The fourth-order valence-corrected chi connectivity index (χ4v) is 3.46. The van der Waals surface area contributed by atoms with E-state index >= 15 is 0 Å². The predicted molar refractivity (Wildman–Crippen MR) is 94.4 cm³/mol. The number of aromatic nitrogens is 5. The number of hydrogen-bond donors (Lipinski definition) is 1. The van der Waals surface area contributed by atoms with Crippen molar-refractivity contribution in [3.63, 3.8) is 0 Å². The monoisotopic (exact) mass is 339 g/mol. The van der Waals surface area contributed by atoms with Gasteiger partial charge in [0, 0.05) is 45.6 Å². The summed E-state index contributed by atoms with van der Waals surface area (Å²) < 4.78 is 3.58. The molecule has 0 radical (unpaired) electrons. The highest BCUT2D eigenvalue weighted by Crippen LogP contribution is 2.26. The lowest BCUT2D eigenvalue weighted by Crippen LogP contribution is -2.48. The third-order valence-corrected chi connectivity index (χ3v) is 4.75. The number of nitrogens with zero attached hydrogens (tertiary/aromatic N) is 6. The zero-order chi connectivity index (χ0) is 17.4. The summed E-state index contributed by atoms with van der Waals surface area (Å²) in [6.07, 6.45) is 7.21. The second-order valence-electron chi connectivity index (χ2n) is 6.46. The van der Waals surface area contributed by atoms with E-state index in [4.69, 9.17) is 0 Å². The van der Waals surface area contributed by atoms with Gasteiger partial charge >= 0.3 is 0 Å². The van der Waals surface area contributed by atoms with Gasteiger partial charge in [-0.2, -0.15) is 5.10 Å². The molecule has 1 N–H and O–H groups in total. The zero-order valence-electron chi connectivity index (χ0n) is 14.4. The Kier molecular flexibility index (Phi) is 3.87. The molecule has 130 valence electrons. The number of anilines is 1. The first-order chi connectivity index (χ1) is 12.1. The van der Waals surface area contributed by atoms with Crippen LogP contribution in [0.3, 0.4) is 0 Å². The van der Waals surface area contributed by atoms with Crippen LogP contribution in [0.5, 0.6) is 0 Å². The third kappa shape index (κ3) is 2.84. The van der Waals surface area contributed by atoms with Crippen LogP contribution in [-0.4, -0.2) is 49.4 Å². The molecule has 0 aromatic carbocycles. The minimum atomic E-state index is -0.0839. The van der Waals surface area contributed by atoms with Gasteiger partial charge in [0.15, 0.2) is 0 Å². The molecule has 1 aliphatic heterocycles. The van der Waals surface area contributed by atoms with Crippen molar-refractivity contribution in [3.8, 4) is 0 Å². The topological polar surface area (TPSA) is 80.9 Å². The summed E-state index contributed by atoms with van der Waals surface area (Å²) in [5.41, 5.74) is 1.50. The molecule has 3 aromatic rings. The Morgan fingerprint density at radius 1 is 1.28 bits per heavy atom. The van der Waals surface area contributed by atoms with E-state index in [1.165, 1.54) is 0 Å². The first-order valence-corrected chi connectivity index (χ1v) is 8.43. The molecule has 3 aromatic heterocycles. The molecule has 1 atom stereocenters. The molecular weight excluding hydrogens is 318 g/mol. The lowest BCUT2D eigenvalue weighted by Gasteiger charge is -2.34. The molecule has 1 unspecified atom stereocenters. The Hall–Kier alpha value is -2.90. The average Bonchev–Trinajstić information content (AvgIpc) is 3.21. The number of rotatable bonds is 3. The van der Waals surface area contributed by atoms with Crippen LogP contribution in [0.1, 0.15) is 23.3 Å². The summed E-state index contributed by atoms with van der Waals surface area (Å²) in [4.78, 5) is 23.5. The summed E-state index contributed by atoms with van der Waals surface area (Å²) in [6.45, 7) is 1.67. The van der Waals surface area contributed by atoms with Crippen molar-refractivity contribution in [3.05, 3.63) is 36.5 Å². The standard InChI is InChI=1S/C17H21N7O/c1-22-9-6-13-15(22)18-11-19-16(13)24-8-3-4-12(10-24)21-17(25)14-5-7-20-23(14)2/h5-7,9,11-12H,3-4,8,10H2,1-2H3,(H,21,25). The summed E-state index contributed by atoms with van der Waals surface area (Å²) in [5.74, 6) is 0.851. The minimum Gasteiger partial charge on any atom is -0.354 e. The number of nitrogens with one attached hydrogen (secondary N) is 1. The van der Waals surface area contributed by atoms with Crippen molar-refractivity contribution < 1.29 is 4.79 Å². The van der Waals surface area contributed by atoms with E-state index in [1.807, 2.05) is 23.9 Å². The number of aryl methyl sites for hydroxylation is 2. The van der Waals surface area contributed by atoms with E-state index in [9.17, 15) is 4.79 Å². The Bertz CT molecular complexity index is 913. The lowest BCUT2D eigenvalue weighted by molar-refractivity contribution is 0.0923. The molecule has 4 heterocycles. The van der Waals surface area contributed by atoms with Crippen molar-refractivity contribution >= 4 is 22.8 Å². The minimum absolute atomic E-state index is 0.0839. The Balaban J connectivity index is 1.53. The van der Waals surface area contributed by atoms with Crippen LogP contribution in [0.4, 0.5) is 5.82 Å².